The lowest BCUT2D eigenvalue weighted by Crippen LogP contribution is -2.42. The summed E-state index contributed by atoms with van der Waals surface area (Å²) >= 11 is 6.08. The van der Waals surface area contributed by atoms with E-state index in [-0.39, 0.29) is 40.9 Å². The molecule has 136 valence electrons. The van der Waals surface area contributed by atoms with E-state index in [9.17, 15) is 8.42 Å². The zero-order valence-electron chi connectivity index (χ0n) is 14.0. The number of sulfone groups is 1. The molecule has 1 saturated carbocycles. The summed E-state index contributed by atoms with van der Waals surface area (Å²) in [6, 6.07) is 7.97. The molecule has 1 aromatic rings. The third-order valence-electron chi connectivity index (χ3n) is 4.25. The van der Waals surface area contributed by atoms with E-state index in [2.05, 4.69) is 21.7 Å². The molecular weight excluding hydrogens is 461 g/mol. The van der Waals surface area contributed by atoms with Gasteiger partial charge in [0.1, 0.15) is 0 Å². The van der Waals surface area contributed by atoms with Crippen molar-refractivity contribution in [1.29, 1.82) is 0 Å². The van der Waals surface area contributed by atoms with Crippen molar-refractivity contribution in [3.63, 3.8) is 0 Å². The SMILES string of the molecule is CCS(=O)(=O)CCNC(=NC)NCC1(c2cccc(Cl)c2)CC1.I. The quantitative estimate of drug-likeness (QED) is 0.354. The molecule has 2 rings (SSSR count). The van der Waals surface area contributed by atoms with E-state index in [1.807, 2.05) is 18.2 Å². The van der Waals surface area contributed by atoms with Crippen LogP contribution in [0.15, 0.2) is 29.3 Å². The van der Waals surface area contributed by atoms with Gasteiger partial charge in [-0.2, -0.15) is 0 Å². The zero-order chi connectivity index (χ0) is 16.9. The average molecular weight is 486 g/mol. The topological polar surface area (TPSA) is 70.6 Å². The van der Waals surface area contributed by atoms with Crippen LogP contribution in [0.25, 0.3) is 0 Å². The normalized spacial score (nSPS) is 16.2. The Bertz CT molecular complexity index is 676. The molecule has 1 aliphatic carbocycles. The van der Waals surface area contributed by atoms with Gasteiger partial charge >= 0.3 is 0 Å². The predicted octanol–water partition coefficient (Wildman–Crippen LogP) is 2.59. The molecule has 0 saturated heterocycles. The maximum absolute atomic E-state index is 11.5. The fraction of sp³-hybridized carbons (Fsp3) is 0.562. The summed E-state index contributed by atoms with van der Waals surface area (Å²) in [5.41, 5.74) is 1.35. The van der Waals surface area contributed by atoms with Gasteiger partial charge in [0.15, 0.2) is 15.8 Å². The summed E-state index contributed by atoms with van der Waals surface area (Å²) < 4.78 is 23.0. The maximum atomic E-state index is 11.5. The van der Waals surface area contributed by atoms with E-state index in [0.717, 1.165) is 24.4 Å². The molecular formula is C16H25ClIN3O2S. The largest absolute Gasteiger partial charge is 0.356 e. The van der Waals surface area contributed by atoms with Crippen LogP contribution >= 0.6 is 35.6 Å². The monoisotopic (exact) mass is 485 g/mol. The summed E-state index contributed by atoms with van der Waals surface area (Å²) in [5, 5.41) is 7.10. The predicted molar refractivity (Wildman–Crippen MR) is 111 cm³/mol. The molecule has 0 radical (unpaired) electrons. The minimum absolute atomic E-state index is 0. The van der Waals surface area contributed by atoms with Crippen LogP contribution in [0.2, 0.25) is 5.02 Å². The number of nitrogens with zero attached hydrogens (tertiary/aromatic N) is 1. The van der Waals surface area contributed by atoms with Crippen molar-refractivity contribution in [2.24, 2.45) is 4.99 Å². The molecule has 0 aliphatic heterocycles. The number of aliphatic imine (C=N–C) groups is 1. The highest BCUT2D eigenvalue weighted by atomic mass is 127. The molecule has 0 heterocycles. The molecule has 2 N–H and O–H groups in total. The van der Waals surface area contributed by atoms with Crippen LogP contribution in [0, 0.1) is 0 Å². The highest BCUT2D eigenvalue weighted by molar-refractivity contribution is 14.0. The van der Waals surface area contributed by atoms with Crippen molar-refractivity contribution in [2.45, 2.75) is 25.2 Å². The van der Waals surface area contributed by atoms with Crippen molar-refractivity contribution in [2.75, 3.05) is 31.6 Å². The lowest BCUT2D eigenvalue weighted by atomic mass is 9.96. The van der Waals surface area contributed by atoms with Crippen LogP contribution in [0.3, 0.4) is 0 Å². The average Bonchev–Trinajstić information content (AvgIpc) is 3.32. The van der Waals surface area contributed by atoms with E-state index in [0.29, 0.717) is 12.5 Å². The van der Waals surface area contributed by atoms with Crippen LogP contribution in [-0.4, -0.2) is 46.0 Å². The number of rotatable bonds is 7. The van der Waals surface area contributed by atoms with Gasteiger partial charge in [0.2, 0.25) is 0 Å². The van der Waals surface area contributed by atoms with Crippen molar-refractivity contribution in [1.82, 2.24) is 10.6 Å². The minimum Gasteiger partial charge on any atom is -0.356 e. The standard InChI is InChI=1S/C16H24ClN3O2S.HI/c1-3-23(21,22)10-9-19-15(18-2)20-12-16(7-8-16)13-5-4-6-14(17)11-13;/h4-6,11H,3,7-10,12H2,1-2H3,(H2,18,19,20);1H. The molecule has 8 heteroatoms. The summed E-state index contributed by atoms with van der Waals surface area (Å²) in [4.78, 5) is 4.15. The Labute approximate surface area is 166 Å². The lowest BCUT2D eigenvalue weighted by molar-refractivity contribution is 0.595. The van der Waals surface area contributed by atoms with Gasteiger partial charge in [-0.3, -0.25) is 4.99 Å². The Morgan fingerprint density at radius 1 is 1.33 bits per heavy atom. The molecule has 0 spiro atoms. The van der Waals surface area contributed by atoms with Crippen LogP contribution in [0.5, 0.6) is 0 Å². The molecule has 1 aliphatic rings. The Hall–Kier alpha value is -0.540. The van der Waals surface area contributed by atoms with E-state index in [4.69, 9.17) is 11.6 Å². The number of halogens is 2. The van der Waals surface area contributed by atoms with Gasteiger partial charge in [-0.05, 0) is 30.5 Å². The number of benzene rings is 1. The van der Waals surface area contributed by atoms with Crippen LogP contribution in [0.1, 0.15) is 25.3 Å². The third-order valence-corrected chi connectivity index (χ3v) is 6.19. The van der Waals surface area contributed by atoms with Gasteiger partial charge < -0.3 is 10.6 Å². The third kappa shape index (κ3) is 6.07. The van der Waals surface area contributed by atoms with Crippen LogP contribution in [-0.2, 0) is 15.3 Å². The van der Waals surface area contributed by atoms with Crippen LogP contribution in [0.4, 0.5) is 0 Å². The lowest BCUT2D eigenvalue weighted by Gasteiger charge is -2.19. The van der Waals surface area contributed by atoms with E-state index in [1.54, 1.807) is 14.0 Å². The minimum atomic E-state index is -2.96. The Balaban J connectivity index is 0.00000288. The number of hydrogen-bond acceptors (Lipinski definition) is 3. The second kappa shape index (κ2) is 9.24. The summed E-state index contributed by atoms with van der Waals surface area (Å²) in [7, 11) is -1.28. The molecule has 5 nitrogen and oxygen atoms in total. The summed E-state index contributed by atoms with van der Waals surface area (Å²) in [6.45, 7) is 2.78. The molecule has 0 aromatic heterocycles. The van der Waals surface area contributed by atoms with Gasteiger partial charge in [0.05, 0.1) is 5.75 Å². The molecule has 0 bridgehead atoms. The van der Waals surface area contributed by atoms with Crippen LogP contribution < -0.4 is 10.6 Å². The highest BCUT2D eigenvalue weighted by Crippen LogP contribution is 2.48. The fourth-order valence-corrected chi connectivity index (χ4v) is 3.37. The Morgan fingerprint density at radius 2 is 2.04 bits per heavy atom. The van der Waals surface area contributed by atoms with Crippen molar-refractivity contribution < 1.29 is 8.42 Å². The molecule has 24 heavy (non-hydrogen) atoms. The molecule has 0 unspecified atom stereocenters. The van der Waals surface area contributed by atoms with Gasteiger partial charge in [-0.15, -0.1) is 24.0 Å². The number of guanidine groups is 1. The van der Waals surface area contributed by atoms with Gasteiger partial charge in [0, 0.05) is 36.3 Å². The second-order valence-electron chi connectivity index (χ2n) is 5.88. The van der Waals surface area contributed by atoms with Crippen molar-refractivity contribution in [3.8, 4) is 0 Å². The van der Waals surface area contributed by atoms with Crippen molar-refractivity contribution >= 4 is 51.4 Å². The molecule has 1 aromatic carbocycles. The van der Waals surface area contributed by atoms with Gasteiger partial charge in [0.25, 0.3) is 0 Å². The number of hydrogen-bond donors (Lipinski definition) is 2. The maximum Gasteiger partial charge on any atom is 0.191 e. The molecule has 0 atom stereocenters. The van der Waals surface area contributed by atoms with Gasteiger partial charge in [-0.1, -0.05) is 30.7 Å². The first-order valence-corrected chi connectivity index (χ1v) is 10.0. The Kier molecular flexibility index (Phi) is 8.28. The summed E-state index contributed by atoms with van der Waals surface area (Å²) in [6.07, 6.45) is 2.23. The van der Waals surface area contributed by atoms with Crippen molar-refractivity contribution in [3.05, 3.63) is 34.9 Å². The second-order valence-corrected chi connectivity index (χ2v) is 8.79. The number of nitrogens with one attached hydrogen (secondary N) is 2. The first-order valence-electron chi connectivity index (χ1n) is 7.82. The van der Waals surface area contributed by atoms with Gasteiger partial charge in [-0.25, -0.2) is 8.42 Å². The smallest absolute Gasteiger partial charge is 0.191 e. The summed E-state index contributed by atoms with van der Waals surface area (Å²) in [5.74, 6) is 0.909. The first kappa shape index (κ1) is 21.5. The molecule has 0 amide bonds. The van der Waals surface area contributed by atoms with E-state index >= 15 is 0 Å². The zero-order valence-corrected chi connectivity index (χ0v) is 17.9. The highest BCUT2D eigenvalue weighted by Gasteiger charge is 2.44. The van der Waals surface area contributed by atoms with E-state index in [1.165, 1.54) is 5.56 Å². The molecule has 1 fully saturated rings. The van der Waals surface area contributed by atoms with E-state index < -0.39 is 9.84 Å². The fourth-order valence-electron chi connectivity index (χ4n) is 2.48. The Morgan fingerprint density at radius 3 is 2.58 bits per heavy atom. The first-order chi connectivity index (χ1) is 10.9.